The van der Waals surface area contributed by atoms with Crippen molar-refractivity contribution in [3.63, 3.8) is 0 Å². The molecule has 1 aliphatic rings. The number of H-pyrrole nitrogens is 1. The van der Waals surface area contributed by atoms with E-state index >= 15 is 0 Å². The molecular formula is C28H31F6N5O2. The molecule has 2 heterocycles. The van der Waals surface area contributed by atoms with Crippen molar-refractivity contribution in [1.82, 2.24) is 25.8 Å². The van der Waals surface area contributed by atoms with Crippen LogP contribution < -0.4 is 10.6 Å². The van der Waals surface area contributed by atoms with E-state index < -0.39 is 47.3 Å². The summed E-state index contributed by atoms with van der Waals surface area (Å²) in [6.45, 7) is 5.12. The molecule has 3 aromatic rings. The first-order valence-corrected chi connectivity index (χ1v) is 13.1. The lowest BCUT2D eigenvalue weighted by molar-refractivity contribution is -0.145. The molecule has 0 saturated carbocycles. The average Bonchev–Trinajstić information content (AvgIpc) is 3.31. The van der Waals surface area contributed by atoms with Gasteiger partial charge in [-0.1, -0.05) is 37.3 Å². The maximum atomic E-state index is 13.4. The van der Waals surface area contributed by atoms with Gasteiger partial charge in [0.1, 0.15) is 5.82 Å². The van der Waals surface area contributed by atoms with Gasteiger partial charge in [0.05, 0.1) is 34.9 Å². The zero-order valence-corrected chi connectivity index (χ0v) is 22.7. The predicted octanol–water partition coefficient (Wildman–Crippen LogP) is 5.45. The van der Waals surface area contributed by atoms with Gasteiger partial charge in [-0.3, -0.25) is 15.2 Å². The van der Waals surface area contributed by atoms with Crippen LogP contribution in [0.4, 0.5) is 26.3 Å². The molecule has 41 heavy (non-hydrogen) atoms. The van der Waals surface area contributed by atoms with E-state index in [-0.39, 0.29) is 24.0 Å². The van der Waals surface area contributed by atoms with Gasteiger partial charge in [-0.25, -0.2) is 4.98 Å². The van der Waals surface area contributed by atoms with Crippen LogP contribution in [0.25, 0.3) is 0 Å². The molecule has 13 heteroatoms. The standard InChI is InChI=1S/C28H31F6N5O2/c1-4-22(41-15-18-12-20(27(29,30)31)14-21(13-18)28(32,33)34)26(19-8-6-5-7-9-19)16-25(3,39-26)24(40)35-11-10-23-36-17(2)37-38-23/h5-9,12-14,22,39H,4,10-11,15-16H2,1-3H3,(H,35,40)(H,36,37,38). The van der Waals surface area contributed by atoms with Crippen molar-refractivity contribution >= 4 is 5.91 Å². The number of carbonyl (C=O) groups is 1. The second kappa shape index (κ2) is 11.4. The maximum Gasteiger partial charge on any atom is 0.416 e. The number of carbonyl (C=O) groups excluding carboxylic acids is 1. The molecule has 0 spiro atoms. The first-order chi connectivity index (χ1) is 19.2. The molecular weight excluding hydrogens is 552 g/mol. The molecule has 3 N–H and O–H groups in total. The summed E-state index contributed by atoms with van der Waals surface area (Å²) in [6.07, 6.45) is -9.51. The van der Waals surface area contributed by atoms with E-state index in [0.717, 1.165) is 5.56 Å². The van der Waals surface area contributed by atoms with Gasteiger partial charge in [-0.05, 0) is 56.0 Å². The molecule has 1 saturated heterocycles. The molecule has 0 radical (unpaired) electrons. The molecule has 2 aromatic carbocycles. The lowest BCUT2D eigenvalue weighted by atomic mass is 9.65. The van der Waals surface area contributed by atoms with Crippen LogP contribution in [0, 0.1) is 6.92 Å². The fourth-order valence-electron chi connectivity index (χ4n) is 5.35. The molecule has 3 unspecified atom stereocenters. The first-order valence-electron chi connectivity index (χ1n) is 13.1. The van der Waals surface area contributed by atoms with E-state index in [1.807, 2.05) is 30.3 Å². The number of ether oxygens (including phenoxy) is 1. The Morgan fingerprint density at radius 2 is 1.68 bits per heavy atom. The Morgan fingerprint density at radius 3 is 2.20 bits per heavy atom. The topological polar surface area (TPSA) is 91.9 Å². The van der Waals surface area contributed by atoms with Crippen molar-refractivity contribution in [2.45, 2.75) is 76.2 Å². The average molecular weight is 584 g/mol. The van der Waals surface area contributed by atoms with E-state index in [0.29, 0.717) is 43.2 Å². The van der Waals surface area contributed by atoms with Gasteiger partial charge in [0, 0.05) is 13.0 Å². The van der Waals surface area contributed by atoms with E-state index in [9.17, 15) is 31.1 Å². The summed E-state index contributed by atoms with van der Waals surface area (Å²) in [5.41, 5.74) is -4.17. The maximum absolute atomic E-state index is 13.4. The smallest absolute Gasteiger partial charge is 0.371 e. The predicted molar refractivity (Wildman–Crippen MR) is 137 cm³/mol. The SMILES string of the molecule is CCC(OCc1cc(C(F)(F)F)cc(C(F)(F)F)c1)C1(c2ccccc2)CC(C)(C(=O)NCCc2n[nH]c(C)n2)N1. The van der Waals surface area contributed by atoms with Crippen LogP contribution in [0.3, 0.4) is 0 Å². The van der Waals surface area contributed by atoms with Crippen molar-refractivity contribution < 1.29 is 35.9 Å². The fourth-order valence-corrected chi connectivity index (χ4v) is 5.35. The minimum Gasteiger partial charge on any atom is -0.371 e. The summed E-state index contributed by atoms with van der Waals surface area (Å²) < 4.78 is 86.2. The zero-order valence-electron chi connectivity index (χ0n) is 22.7. The number of halogens is 6. The van der Waals surface area contributed by atoms with Crippen LogP contribution in [-0.4, -0.2) is 39.3 Å². The van der Waals surface area contributed by atoms with Crippen molar-refractivity contribution in [1.29, 1.82) is 0 Å². The Labute approximate surface area is 233 Å². The summed E-state index contributed by atoms with van der Waals surface area (Å²) >= 11 is 0. The van der Waals surface area contributed by atoms with Gasteiger partial charge in [0.2, 0.25) is 5.91 Å². The van der Waals surface area contributed by atoms with Gasteiger partial charge < -0.3 is 10.1 Å². The number of aryl methyl sites for hydroxylation is 1. The van der Waals surface area contributed by atoms with Crippen molar-refractivity contribution in [3.8, 4) is 0 Å². The summed E-state index contributed by atoms with van der Waals surface area (Å²) in [4.78, 5) is 17.3. The highest BCUT2D eigenvalue weighted by molar-refractivity contribution is 5.87. The number of aromatic amines is 1. The van der Waals surface area contributed by atoms with Gasteiger partial charge >= 0.3 is 12.4 Å². The molecule has 1 aliphatic heterocycles. The Kier molecular flexibility index (Phi) is 8.51. The van der Waals surface area contributed by atoms with Crippen molar-refractivity contribution in [2.75, 3.05) is 6.54 Å². The van der Waals surface area contributed by atoms with Crippen LogP contribution in [0.2, 0.25) is 0 Å². The highest BCUT2D eigenvalue weighted by Crippen LogP contribution is 2.46. The molecule has 222 valence electrons. The zero-order chi connectivity index (χ0) is 30.1. The molecule has 1 fully saturated rings. The summed E-state index contributed by atoms with van der Waals surface area (Å²) in [6, 6.07) is 10.5. The third-order valence-electron chi connectivity index (χ3n) is 7.22. The third kappa shape index (κ3) is 6.72. The molecule has 0 aliphatic carbocycles. The summed E-state index contributed by atoms with van der Waals surface area (Å²) in [7, 11) is 0. The highest BCUT2D eigenvalue weighted by atomic mass is 19.4. The number of benzene rings is 2. The lowest BCUT2D eigenvalue weighted by Gasteiger charge is -2.58. The molecule has 1 aromatic heterocycles. The molecule has 0 bridgehead atoms. The number of hydrogen-bond acceptors (Lipinski definition) is 5. The van der Waals surface area contributed by atoms with Gasteiger partial charge in [0.25, 0.3) is 0 Å². The molecule has 4 rings (SSSR count). The van der Waals surface area contributed by atoms with Gasteiger partial charge in [-0.2, -0.15) is 31.4 Å². The Hall–Kier alpha value is -3.45. The summed E-state index contributed by atoms with van der Waals surface area (Å²) in [5.74, 6) is 0.965. The number of rotatable bonds is 10. The van der Waals surface area contributed by atoms with E-state index in [1.165, 1.54) is 0 Å². The minimum atomic E-state index is -4.96. The normalized spacial score (nSPS) is 21.8. The van der Waals surface area contributed by atoms with Gasteiger partial charge in [-0.15, -0.1) is 0 Å². The van der Waals surface area contributed by atoms with Crippen LogP contribution in [0.15, 0.2) is 48.5 Å². The number of hydrogen-bond donors (Lipinski definition) is 3. The van der Waals surface area contributed by atoms with Crippen LogP contribution in [0.5, 0.6) is 0 Å². The number of aromatic nitrogens is 3. The van der Waals surface area contributed by atoms with Crippen molar-refractivity contribution in [3.05, 3.63) is 82.4 Å². The Balaban J connectivity index is 1.52. The fraction of sp³-hybridized carbons (Fsp3) is 0.464. The Morgan fingerprint density at radius 1 is 1.07 bits per heavy atom. The number of alkyl halides is 6. The molecule has 1 amide bonds. The van der Waals surface area contributed by atoms with Gasteiger partial charge in [0.15, 0.2) is 5.82 Å². The lowest BCUT2D eigenvalue weighted by Crippen LogP contribution is -2.77. The van der Waals surface area contributed by atoms with Crippen LogP contribution in [0.1, 0.15) is 60.6 Å². The largest absolute Gasteiger partial charge is 0.416 e. The second-order valence-corrected chi connectivity index (χ2v) is 10.4. The number of nitrogens with zero attached hydrogens (tertiary/aromatic N) is 2. The van der Waals surface area contributed by atoms with E-state index in [1.54, 1.807) is 20.8 Å². The van der Waals surface area contributed by atoms with Crippen molar-refractivity contribution in [2.24, 2.45) is 0 Å². The highest BCUT2D eigenvalue weighted by Gasteiger charge is 2.59. The monoisotopic (exact) mass is 583 g/mol. The van der Waals surface area contributed by atoms with Crippen LogP contribution in [-0.2, 0) is 40.5 Å². The molecule has 3 atom stereocenters. The van der Waals surface area contributed by atoms with Crippen LogP contribution >= 0.6 is 0 Å². The van der Waals surface area contributed by atoms with E-state index in [2.05, 4.69) is 25.8 Å². The first kappa shape index (κ1) is 30.5. The number of nitrogens with one attached hydrogen (secondary N) is 3. The Bertz CT molecular complexity index is 1320. The van der Waals surface area contributed by atoms with E-state index in [4.69, 9.17) is 4.74 Å². The third-order valence-corrected chi connectivity index (χ3v) is 7.22. The quantitative estimate of drug-likeness (QED) is 0.276. The minimum absolute atomic E-state index is 0.0904. The summed E-state index contributed by atoms with van der Waals surface area (Å²) in [5, 5.41) is 13.0. The molecule has 7 nitrogen and oxygen atoms in total. The number of amides is 1. The second-order valence-electron chi connectivity index (χ2n) is 10.4.